The lowest BCUT2D eigenvalue weighted by Gasteiger charge is -2.08. The summed E-state index contributed by atoms with van der Waals surface area (Å²) in [5.41, 5.74) is 1.41. The molecule has 2 N–H and O–H groups in total. The van der Waals surface area contributed by atoms with Gasteiger partial charge in [0.15, 0.2) is 5.69 Å². The Morgan fingerprint density at radius 2 is 1.80 bits per heavy atom. The summed E-state index contributed by atoms with van der Waals surface area (Å²) in [6.07, 6.45) is 3.15. The lowest BCUT2D eigenvalue weighted by Crippen LogP contribution is -2.14. The van der Waals surface area contributed by atoms with Crippen LogP contribution in [0.3, 0.4) is 0 Å². The minimum absolute atomic E-state index is 0.00612. The zero-order valence-electron chi connectivity index (χ0n) is 10.4. The van der Waals surface area contributed by atoms with Gasteiger partial charge in [0.25, 0.3) is 5.91 Å². The molecule has 0 bridgehead atoms. The van der Waals surface area contributed by atoms with Gasteiger partial charge < -0.3 is 10.4 Å². The Bertz CT molecular complexity index is 781. The second kappa shape index (κ2) is 4.97. The van der Waals surface area contributed by atoms with E-state index in [4.69, 9.17) is 0 Å². The molecule has 3 rings (SSSR count). The van der Waals surface area contributed by atoms with Gasteiger partial charge in [0.1, 0.15) is 5.75 Å². The molecule has 1 aromatic carbocycles. The Balaban J connectivity index is 1.98. The molecule has 0 radical (unpaired) electrons. The van der Waals surface area contributed by atoms with Crippen LogP contribution in [0.5, 0.6) is 5.75 Å². The minimum Gasteiger partial charge on any atom is -0.505 e. The van der Waals surface area contributed by atoms with Gasteiger partial charge in [-0.25, -0.2) is 4.98 Å². The fourth-order valence-electron chi connectivity index (χ4n) is 1.97. The number of pyridine rings is 2. The quantitative estimate of drug-likeness (QED) is 0.746. The molecular formula is C15H11N3O2. The molecule has 2 heterocycles. The molecule has 5 nitrogen and oxygen atoms in total. The van der Waals surface area contributed by atoms with Crippen LogP contribution in [0, 0.1) is 0 Å². The van der Waals surface area contributed by atoms with Gasteiger partial charge in [0, 0.05) is 17.8 Å². The molecule has 0 aliphatic rings. The van der Waals surface area contributed by atoms with E-state index < -0.39 is 5.91 Å². The van der Waals surface area contributed by atoms with Crippen LogP contribution >= 0.6 is 0 Å². The summed E-state index contributed by atoms with van der Waals surface area (Å²) in [5, 5.41) is 13.2. The first kappa shape index (κ1) is 12.1. The molecule has 20 heavy (non-hydrogen) atoms. The molecule has 1 amide bonds. The Labute approximate surface area is 114 Å². The summed E-state index contributed by atoms with van der Waals surface area (Å²) in [6.45, 7) is 0. The molecular weight excluding hydrogens is 254 g/mol. The second-order valence-electron chi connectivity index (χ2n) is 4.20. The van der Waals surface area contributed by atoms with Crippen molar-refractivity contribution in [2.24, 2.45) is 0 Å². The number of nitrogens with zero attached hydrogens (tertiary/aromatic N) is 2. The van der Waals surface area contributed by atoms with Crippen molar-refractivity contribution in [3.05, 3.63) is 60.6 Å². The number of benzene rings is 1. The van der Waals surface area contributed by atoms with Gasteiger partial charge >= 0.3 is 0 Å². The van der Waals surface area contributed by atoms with Crippen LogP contribution in [0.1, 0.15) is 10.5 Å². The summed E-state index contributed by atoms with van der Waals surface area (Å²) in [4.78, 5) is 20.2. The molecule has 5 heteroatoms. The molecule has 98 valence electrons. The average molecular weight is 265 g/mol. The van der Waals surface area contributed by atoms with E-state index in [-0.39, 0.29) is 11.4 Å². The second-order valence-corrected chi connectivity index (χ2v) is 4.20. The van der Waals surface area contributed by atoms with E-state index in [2.05, 4.69) is 15.3 Å². The highest BCUT2D eigenvalue weighted by Crippen LogP contribution is 2.22. The van der Waals surface area contributed by atoms with Crippen molar-refractivity contribution in [3.63, 3.8) is 0 Å². The van der Waals surface area contributed by atoms with E-state index in [1.165, 1.54) is 12.3 Å². The van der Waals surface area contributed by atoms with Crippen molar-refractivity contribution in [1.82, 2.24) is 9.97 Å². The third kappa shape index (κ3) is 2.16. The molecule has 0 fully saturated rings. The van der Waals surface area contributed by atoms with Crippen LogP contribution in [0.25, 0.3) is 10.9 Å². The number of fused-ring (bicyclic) bond motifs is 1. The number of anilines is 1. The largest absolute Gasteiger partial charge is 0.505 e. The van der Waals surface area contributed by atoms with E-state index in [1.807, 2.05) is 18.2 Å². The van der Waals surface area contributed by atoms with E-state index >= 15 is 0 Å². The van der Waals surface area contributed by atoms with Crippen molar-refractivity contribution in [2.45, 2.75) is 0 Å². The number of hydrogen-bond acceptors (Lipinski definition) is 4. The first-order valence-electron chi connectivity index (χ1n) is 6.05. The highest BCUT2D eigenvalue weighted by molar-refractivity contribution is 6.08. The number of carbonyl (C=O) groups excluding carboxylic acids is 1. The van der Waals surface area contributed by atoms with Gasteiger partial charge in [-0.05, 0) is 36.4 Å². The third-order valence-electron chi connectivity index (χ3n) is 2.90. The highest BCUT2D eigenvalue weighted by atomic mass is 16.3. The number of carbonyl (C=O) groups is 1. The lowest BCUT2D eigenvalue weighted by atomic mass is 10.2. The monoisotopic (exact) mass is 265 g/mol. The van der Waals surface area contributed by atoms with E-state index in [9.17, 15) is 9.90 Å². The predicted molar refractivity (Wildman–Crippen MR) is 75.6 cm³/mol. The zero-order chi connectivity index (χ0) is 13.9. The van der Waals surface area contributed by atoms with E-state index in [0.717, 1.165) is 10.9 Å². The first-order chi connectivity index (χ1) is 9.75. The average Bonchev–Trinajstić information content (AvgIpc) is 2.48. The van der Waals surface area contributed by atoms with Crippen molar-refractivity contribution in [1.29, 1.82) is 0 Å². The Morgan fingerprint density at radius 3 is 2.65 bits per heavy atom. The van der Waals surface area contributed by atoms with Gasteiger partial charge in [-0.3, -0.25) is 9.78 Å². The Morgan fingerprint density at radius 1 is 1.00 bits per heavy atom. The number of hydrogen-bond donors (Lipinski definition) is 2. The third-order valence-corrected chi connectivity index (χ3v) is 2.90. The summed E-state index contributed by atoms with van der Waals surface area (Å²) in [5.74, 6) is -0.609. The topological polar surface area (TPSA) is 75.1 Å². The SMILES string of the molecule is O=C(Nc1cccc2ncccc12)c1ncccc1O. The number of nitrogens with one attached hydrogen (secondary N) is 1. The van der Waals surface area contributed by atoms with Crippen LogP contribution in [0.2, 0.25) is 0 Å². The predicted octanol–water partition coefficient (Wildman–Crippen LogP) is 2.59. The van der Waals surface area contributed by atoms with Crippen LogP contribution in [0.15, 0.2) is 54.9 Å². The molecule has 0 atom stereocenters. The minimum atomic E-state index is -0.459. The lowest BCUT2D eigenvalue weighted by molar-refractivity contribution is 0.101. The normalized spacial score (nSPS) is 10.4. The molecule has 0 aliphatic heterocycles. The van der Waals surface area contributed by atoms with E-state index in [1.54, 1.807) is 24.4 Å². The van der Waals surface area contributed by atoms with Crippen LogP contribution < -0.4 is 5.32 Å². The zero-order valence-corrected chi connectivity index (χ0v) is 10.4. The van der Waals surface area contributed by atoms with Crippen molar-refractivity contribution in [3.8, 4) is 5.75 Å². The van der Waals surface area contributed by atoms with E-state index in [0.29, 0.717) is 5.69 Å². The number of rotatable bonds is 2. The smallest absolute Gasteiger partial charge is 0.278 e. The van der Waals surface area contributed by atoms with Crippen molar-refractivity contribution >= 4 is 22.5 Å². The number of aromatic hydroxyl groups is 1. The molecule has 0 unspecified atom stereocenters. The summed E-state index contributed by atoms with van der Waals surface area (Å²) < 4.78 is 0. The van der Waals surface area contributed by atoms with Gasteiger partial charge in [-0.15, -0.1) is 0 Å². The molecule has 0 saturated carbocycles. The Kier molecular flexibility index (Phi) is 3.01. The van der Waals surface area contributed by atoms with Gasteiger partial charge in [0.2, 0.25) is 0 Å². The van der Waals surface area contributed by atoms with Crippen LogP contribution in [-0.2, 0) is 0 Å². The van der Waals surface area contributed by atoms with Crippen LogP contribution in [0.4, 0.5) is 5.69 Å². The molecule has 3 aromatic rings. The molecule has 0 spiro atoms. The molecule has 0 saturated heterocycles. The molecule has 2 aromatic heterocycles. The number of aromatic nitrogens is 2. The maximum atomic E-state index is 12.1. The highest BCUT2D eigenvalue weighted by Gasteiger charge is 2.13. The fraction of sp³-hybridized carbons (Fsp3) is 0. The maximum Gasteiger partial charge on any atom is 0.278 e. The summed E-state index contributed by atoms with van der Waals surface area (Å²) in [6, 6.07) is 12.1. The standard InChI is InChI=1S/C15H11N3O2/c19-13-7-3-9-17-14(13)15(20)18-12-6-1-5-11-10(12)4-2-8-16-11/h1-9,19H,(H,18,20). The van der Waals surface area contributed by atoms with Gasteiger partial charge in [0.05, 0.1) is 11.2 Å². The molecule has 0 aliphatic carbocycles. The first-order valence-corrected chi connectivity index (χ1v) is 6.05. The van der Waals surface area contributed by atoms with Crippen molar-refractivity contribution in [2.75, 3.05) is 5.32 Å². The van der Waals surface area contributed by atoms with Crippen LogP contribution in [-0.4, -0.2) is 21.0 Å². The maximum absolute atomic E-state index is 12.1. The van der Waals surface area contributed by atoms with Crippen molar-refractivity contribution < 1.29 is 9.90 Å². The van der Waals surface area contributed by atoms with Gasteiger partial charge in [-0.2, -0.15) is 0 Å². The fourth-order valence-corrected chi connectivity index (χ4v) is 1.97. The summed E-state index contributed by atoms with van der Waals surface area (Å²) in [7, 11) is 0. The summed E-state index contributed by atoms with van der Waals surface area (Å²) >= 11 is 0. The number of amides is 1. The Hall–Kier alpha value is -2.95. The van der Waals surface area contributed by atoms with Gasteiger partial charge in [-0.1, -0.05) is 6.07 Å².